The highest BCUT2D eigenvalue weighted by Crippen LogP contribution is 2.30. The lowest BCUT2D eigenvalue weighted by atomic mass is 9.90. The molecule has 0 bridgehead atoms. The van der Waals surface area contributed by atoms with Gasteiger partial charge in [0, 0.05) is 6.61 Å². The van der Waals surface area contributed by atoms with Crippen LogP contribution in [0.5, 0.6) is 5.75 Å². The minimum Gasteiger partial charge on any atom is -0.496 e. The fourth-order valence-corrected chi connectivity index (χ4v) is 2.43. The normalized spacial score (nSPS) is 14.4. The highest BCUT2D eigenvalue weighted by molar-refractivity contribution is 9.10. The van der Waals surface area contributed by atoms with Crippen LogP contribution in [0.3, 0.4) is 0 Å². The van der Waals surface area contributed by atoms with Crippen LogP contribution in [0.25, 0.3) is 0 Å². The van der Waals surface area contributed by atoms with E-state index in [4.69, 9.17) is 15.6 Å². The standard InChI is InChI=1S/C13H20BrNO2/c1-9(5-10(7-15)8-16)11-3-4-13(17-2)12(14)6-11/h3-4,6,9-10,16H,5,7-8,15H2,1-2H3. The largest absolute Gasteiger partial charge is 0.496 e. The zero-order valence-electron chi connectivity index (χ0n) is 10.3. The predicted octanol–water partition coefficient (Wildman–Crippen LogP) is 2.52. The molecule has 0 heterocycles. The van der Waals surface area contributed by atoms with E-state index in [0.717, 1.165) is 16.6 Å². The fraction of sp³-hybridized carbons (Fsp3) is 0.538. The number of hydrogen-bond donors (Lipinski definition) is 2. The van der Waals surface area contributed by atoms with Gasteiger partial charge in [-0.1, -0.05) is 13.0 Å². The minimum atomic E-state index is 0.151. The first-order chi connectivity index (χ1) is 8.12. The Balaban J connectivity index is 2.75. The van der Waals surface area contributed by atoms with E-state index in [0.29, 0.717) is 12.5 Å². The van der Waals surface area contributed by atoms with Gasteiger partial charge in [0.1, 0.15) is 5.75 Å². The maximum absolute atomic E-state index is 9.15. The molecule has 96 valence electrons. The molecule has 3 N–H and O–H groups in total. The molecular weight excluding hydrogens is 282 g/mol. The molecule has 2 atom stereocenters. The number of nitrogens with two attached hydrogens (primary N) is 1. The van der Waals surface area contributed by atoms with Crippen LogP contribution < -0.4 is 10.5 Å². The molecule has 4 heteroatoms. The first-order valence-electron chi connectivity index (χ1n) is 5.76. The van der Waals surface area contributed by atoms with Gasteiger partial charge in [0.15, 0.2) is 0 Å². The molecule has 0 aliphatic rings. The smallest absolute Gasteiger partial charge is 0.133 e. The molecule has 0 aromatic heterocycles. The molecule has 0 spiro atoms. The van der Waals surface area contributed by atoms with Gasteiger partial charge < -0.3 is 15.6 Å². The molecule has 1 aromatic carbocycles. The Morgan fingerprint density at radius 2 is 2.18 bits per heavy atom. The lowest BCUT2D eigenvalue weighted by molar-refractivity contribution is 0.217. The molecule has 0 saturated carbocycles. The van der Waals surface area contributed by atoms with Crippen LogP contribution in [0.15, 0.2) is 22.7 Å². The van der Waals surface area contributed by atoms with Crippen molar-refractivity contribution in [2.45, 2.75) is 19.3 Å². The minimum absolute atomic E-state index is 0.151. The third kappa shape index (κ3) is 3.98. The summed E-state index contributed by atoms with van der Waals surface area (Å²) in [6, 6.07) is 6.07. The molecule has 0 fully saturated rings. The molecule has 0 aliphatic carbocycles. The van der Waals surface area contributed by atoms with E-state index in [2.05, 4.69) is 35.0 Å². The van der Waals surface area contributed by atoms with Crippen molar-refractivity contribution in [3.8, 4) is 5.75 Å². The summed E-state index contributed by atoms with van der Waals surface area (Å²) >= 11 is 3.48. The highest BCUT2D eigenvalue weighted by atomic mass is 79.9. The quantitative estimate of drug-likeness (QED) is 0.849. The van der Waals surface area contributed by atoms with Crippen molar-refractivity contribution in [2.24, 2.45) is 11.7 Å². The summed E-state index contributed by atoms with van der Waals surface area (Å²) in [5.74, 6) is 1.38. The van der Waals surface area contributed by atoms with Gasteiger partial charge in [-0.3, -0.25) is 0 Å². The zero-order chi connectivity index (χ0) is 12.8. The Morgan fingerprint density at radius 1 is 1.47 bits per heavy atom. The summed E-state index contributed by atoms with van der Waals surface area (Å²) < 4.78 is 6.15. The summed E-state index contributed by atoms with van der Waals surface area (Å²) in [5.41, 5.74) is 6.82. The second-order valence-electron chi connectivity index (χ2n) is 4.32. The van der Waals surface area contributed by atoms with Crippen LogP contribution in [-0.2, 0) is 0 Å². The number of halogens is 1. The van der Waals surface area contributed by atoms with E-state index in [1.165, 1.54) is 5.56 Å². The van der Waals surface area contributed by atoms with E-state index in [1.807, 2.05) is 6.07 Å². The third-order valence-corrected chi connectivity index (χ3v) is 3.64. The molecule has 2 unspecified atom stereocenters. The number of aliphatic hydroxyl groups excluding tert-OH is 1. The van der Waals surface area contributed by atoms with Crippen molar-refractivity contribution in [3.05, 3.63) is 28.2 Å². The van der Waals surface area contributed by atoms with E-state index >= 15 is 0 Å². The van der Waals surface area contributed by atoms with Gasteiger partial charge in [-0.25, -0.2) is 0 Å². The lowest BCUT2D eigenvalue weighted by Crippen LogP contribution is -2.20. The van der Waals surface area contributed by atoms with Crippen LogP contribution >= 0.6 is 15.9 Å². The Morgan fingerprint density at radius 3 is 2.65 bits per heavy atom. The van der Waals surface area contributed by atoms with Gasteiger partial charge in [0.05, 0.1) is 11.6 Å². The summed E-state index contributed by atoms with van der Waals surface area (Å²) in [4.78, 5) is 0. The number of hydrogen-bond acceptors (Lipinski definition) is 3. The van der Waals surface area contributed by atoms with Crippen LogP contribution in [0.1, 0.15) is 24.8 Å². The molecule has 0 amide bonds. The van der Waals surface area contributed by atoms with E-state index in [1.54, 1.807) is 7.11 Å². The lowest BCUT2D eigenvalue weighted by Gasteiger charge is -2.18. The second kappa shape index (κ2) is 6.99. The Hall–Kier alpha value is -0.580. The number of ether oxygens (including phenoxy) is 1. The number of rotatable bonds is 6. The van der Waals surface area contributed by atoms with Crippen LogP contribution in [0.4, 0.5) is 0 Å². The number of aliphatic hydroxyl groups is 1. The van der Waals surface area contributed by atoms with Gasteiger partial charge in [0.25, 0.3) is 0 Å². The fourth-order valence-electron chi connectivity index (χ4n) is 1.87. The molecule has 1 rings (SSSR count). The Kier molecular flexibility index (Phi) is 5.95. The van der Waals surface area contributed by atoms with E-state index in [9.17, 15) is 0 Å². The first kappa shape index (κ1) is 14.5. The molecule has 0 aliphatic heterocycles. The molecule has 0 radical (unpaired) electrons. The monoisotopic (exact) mass is 301 g/mol. The maximum Gasteiger partial charge on any atom is 0.133 e. The molecule has 17 heavy (non-hydrogen) atoms. The average Bonchev–Trinajstić information content (AvgIpc) is 2.35. The molecule has 1 aromatic rings. The highest BCUT2D eigenvalue weighted by Gasteiger charge is 2.13. The molecule has 0 saturated heterocycles. The average molecular weight is 302 g/mol. The van der Waals surface area contributed by atoms with Gasteiger partial charge in [-0.15, -0.1) is 0 Å². The van der Waals surface area contributed by atoms with E-state index < -0.39 is 0 Å². The van der Waals surface area contributed by atoms with Crippen molar-refractivity contribution >= 4 is 15.9 Å². The second-order valence-corrected chi connectivity index (χ2v) is 5.17. The van der Waals surface area contributed by atoms with Crippen molar-refractivity contribution in [1.82, 2.24) is 0 Å². The van der Waals surface area contributed by atoms with Crippen LogP contribution in [0, 0.1) is 5.92 Å². The molecule has 3 nitrogen and oxygen atoms in total. The van der Waals surface area contributed by atoms with Crippen LogP contribution in [-0.4, -0.2) is 25.4 Å². The zero-order valence-corrected chi connectivity index (χ0v) is 11.9. The third-order valence-electron chi connectivity index (χ3n) is 3.02. The Labute approximate surface area is 111 Å². The predicted molar refractivity (Wildman–Crippen MR) is 73.4 cm³/mol. The Bertz CT molecular complexity index is 353. The van der Waals surface area contributed by atoms with Crippen LogP contribution in [0.2, 0.25) is 0 Å². The molecular formula is C13H20BrNO2. The SMILES string of the molecule is COc1ccc(C(C)CC(CN)CO)cc1Br. The van der Waals surface area contributed by atoms with E-state index in [-0.39, 0.29) is 12.5 Å². The summed E-state index contributed by atoms with van der Waals surface area (Å²) in [5, 5.41) is 9.15. The number of methoxy groups -OCH3 is 1. The van der Waals surface area contributed by atoms with Gasteiger partial charge in [-0.2, -0.15) is 0 Å². The van der Waals surface area contributed by atoms with Crippen molar-refractivity contribution < 1.29 is 9.84 Å². The number of benzene rings is 1. The summed E-state index contributed by atoms with van der Waals surface area (Å²) in [6.45, 7) is 2.82. The maximum atomic E-state index is 9.15. The van der Waals surface area contributed by atoms with Crippen molar-refractivity contribution in [3.63, 3.8) is 0 Å². The van der Waals surface area contributed by atoms with Gasteiger partial charge in [0.2, 0.25) is 0 Å². The van der Waals surface area contributed by atoms with Gasteiger partial charge in [-0.05, 0) is 58.4 Å². The van der Waals surface area contributed by atoms with Gasteiger partial charge >= 0.3 is 0 Å². The first-order valence-corrected chi connectivity index (χ1v) is 6.56. The topological polar surface area (TPSA) is 55.5 Å². The summed E-state index contributed by atoms with van der Waals surface area (Å²) in [6.07, 6.45) is 0.895. The summed E-state index contributed by atoms with van der Waals surface area (Å²) in [7, 11) is 1.65. The van der Waals surface area contributed by atoms with Crippen molar-refractivity contribution in [1.29, 1.82) is 0 Å². The van der Waals surface area contributed by atoms with Crippen molar-refractivity contribution in [2.75, 3.05) is 20.3 Å².